The second-order valence-corrected chi connectivity index (χ2v) is 7.24. The third-order valence-corrected chi connectivity index (χ3v) is 2.82. The molecule has 0 aromatic heterocycles. The molecular formula is C19H17F6FeO3P+. The predicted octanol–water partition coefficient (Wildman–Crippen LogP) is 7.67. The minimum absolute atomic E-state index is 0. The number of para-hydroxylation sites is 2. The van der Waals surface area contributed by atoms with Gasteiger partial charge in [-0.25, -0.2) is 4.79 Å². The number of rotatable bonds is 3. The Labute approximate surface area is 181 Å². The van der Waals surface area contributed by atoms with E-state index >= 15 is 0 Å². The van der Waals surface area contributed by atoms with E-state index in [1.165, 1.54) is 7.11 Å². The molecule has 0 spiro atoms. The van der Waals surface area contributed by atoms with Gasteiger partial charge in [0.25, 0.3) is 0 Å². The molecule has 2 aromatic rings. The summed E-state index contributed by atoms with van der Waals surface area (Å²) in [6.07, 6.45) is 10.0. The Bertz CT molecular complexity index is 763. The molecule has 0 N–H and O–H groups in total. The van der Waals surface area contributed by atoms with Crippen LogP contribution in [0.1, 0.15) is 10.4 Å². The van der Waals surface area contributed by atoms with Crippen LogP contribution in [0, 0.1) is 32.1 Å². The van der Waals surface area contributed by atoms with E-state index in [0.717, 1.165) is 0 Å². The molecule has 2 aromatic carbocycles. The number of carbonyl (C=O) groups is 1. The molecule has 0 amide bonds. The van der Waals surface area contributed by atoms with Crippen molar-refractivity contribution in [3.05, 3.63) is 92.3 Å². The van der Waals surface area contributed by atoms with Crippen molar-refractivity contribution >= 4 is 13.8 Å². The zero-order valence-electron chi connectivity index (χ0n) is 15.4. The first-order chi connectivity index (χ1) is 13.3. The van der Waals surface area contributed by atoms with Crippen LogP contribution in [0.2, 0.25) is 0 Å². The molecule has 1 fully saturated rings. The molecule has 1 aliphatic rings. The molecule has 30 heavy (non-hydrogen) atoms. The first-order valence-corrected chi connectivity index (χ1v) is 9.92. The summed E-state index contributed by atoms with van der Waals surface area (Å²) in [4.78, 5) is 11.5. The van der Waals surface area contributed by atoms with Gasteiger partial charge in [0.15, 0.2) is 0 Å². The Morgan fingerprint density at radius 1 is 0.733 bits per heavy atom. The van der Waals surface area contributed by atoms with Gasteiger partial charge in [-0.05, 0) is 56.4 Å². The minimum Gasteiger partial charge on any atom is -0.0312 e. The maximum atomic E-state index is 11.5. The maximum Gasteiger partial charge on any atom is 2.00 e. The van der Waals surface area contributed by atoms with Crippen molar-refractivity contribution in [3.63, 3.8) is 0 Å². The minimum atomic E-state index is -10.7. The average molecular weight is 494 g/mol. The predicted molar refractivity (Wildman–Crippen MR) is 99.4 cm³/mol. The van der Waals surface area contributed by atoms with Crippen LogP contribution in [0.15, 0.2) is 54.6 Å². The first-order valence-electron chi connectivity index (χ1n) is 7.89. The normalized spacial score (nSPS) is 14.9. The summed E-state index contributed by atoms with van der Waals surface area (Å²) in [6.45, 7) is 0. The van der Waals surface area contributed by atoms with Crippen molar-refractivity contribution in [3.8, 4) is 11.5 Å². The molecular weight excluding hydrogens is 477 g/mol. The van der Waals surface area contributed by atoms with E-state index in [1.54, 1.807) is 18.2 Å². The molecule has 0 atom stereocenters. The van der Waals surface area contributed by atoms with Gasteiger partial charge in [0, 0.05) is 0 Å². The standard InChI is InChI=1S/C14H12O3.C5H5.F6P.Fe/c1-16-14(15)12-9-5-6-10-13(12)17-11-7-3-2-4-8-11;1-2-4-5-3-1;1-7(2,3,4,5)6;/h2-10H,1H3;1-5H;;/q;;-1;+2. The third kappa shape index (κ3) is 16.1. The summed E-state index contributed by atoms with van der Waals surface area (Å²) in [5.74, 6) is 0.769. The molecule has 3 nitrogen and oxygen atoms in total. The molecule has 165 valence electrons. The van der Waals surface area contributed by atoms with E-state index in [0.29, 0.717) is 17.1 Å². The molecule has 1 aliphatic carbocycles. The van der Waals surface area contributed by atoms with Crippen LogP contribution < -0.4 is 4.74 Å². The quantitative estimate of drug-likeness (QED) is 0.190. The number of ether oxygens (including phenoxy) is 2. The Kier molecular flexibility index (Phi) is 10.4. The number of benzene rings is 2. The molecule has 3 rings (SSSR count). The molecule has 0 saturated heterocycles. The summed E-state index contributed by atoms with van der Waals surface area (Å²) in [7, 11) is -9.31. The molecule has 1 saturated carbocycles. The molecule has 0 heterocycles. The first kappa shape index (κ1) is 28.2. The number of carbonyl (C=O) groups excluding carboxylic acids is 1. The van der Waals surface area contributed by atoms with Gasteiger partial charge in [-0.2, -0.15) is 0 Å². The van der Waals surface area contributed by atoms with Gasteiger partial charge in [0.05, 0.1) is 7.11 Å². The van der Waals surface area contributed by atoms with Crippen LogP contribution in [-0.2, 0) is 21.8 Å². The average Bonchev–Trinajstić information content (AvgIpc) is 3.20. The van der Waals surface area contributed by atoms with Crippen LogP contribution in [0.3, 0.4) is 0 Å². The van der Waals surface area contributed by atoms with E-state index < -0.39 is 13.8 Å². The van der Waals surface area contributed by atoms with Crippen molar-refractivity contribution < 1.29 is 56.5 Å². The van der Waals surface area contributed by atoms with Crippen LogP contribution in [0.5, 0.6) is 11.5 Å². The van der Waals surface area contributed by atoms with Crippen molar-refractivity contribution in [2.45, 2.75) is 0 Å². The van der Waals surface area contributed by atoms with Gasteiger partial charge in [0.1, 0.15) is 17.1 Å². The summed E-state index contributed by atoms with van der Waals surface area (Å²) in [5, 5.41) is 0. The number of esters is 1. The van der Waals surface area contributed by atoms with E-state index in [-0.39, 0.29) is 17.1 Å². The van der Waals surface area contributed by atoms with Gasteiger partial charge in [-0.3, -0.25) is 0 Å². The van der Waals surface area contributed by atoms with Gasteiger partial charge in [0.2, 0.25) is 0 Å². The van der Waals surface area contributed by atoms with Crippen molar-refractivity contribution in [2.75, 3.05) is 7.11 Å². The Balaban J connectivity index is 0.000000535. The summed E-state index contributed by atoms with van der Waals surface area (Å²) < 4.78 is 69.5. The summed E-state index contributed by atoms with van der Waals surface area (Å²) in [5.41, 5.74) is 0.416. The van der Waals surface area contributed by atoms with Gasteiger partial charge < -0.3 is 9.47 Å². The SMILES string of the molecule is COC(=O)c1ccccc1Oc1ccccc1.F[P-](F)(F)(F)(F)F.[CH]1[CH][CH][CH][CH]1.[Fe+2]. The summed E-state index contributed by atoms with van der Waals surface area (Å²) in [6, 6.07) is 16.3. The molecule has 0 unspecified atom stereocenters. The van der Waals surface area contributed by atoms with Crippen LogP contribution in [0.25, 0.3) is 0 Å². The fourth-order valence-electron chi connectivity index (χ4n) is 1.77. The Hall–Kier alpha value is -1.76. The third-order valence-electron chi connectivity index (χ3n) is 2.82. The largest absolute Gasteiger partial charge is 2.00 e. The van der Waals surface area contributed by atoms with Crippen LogP contribution in [0.4, 0.5) is 25.2 Å². The fraction of sp³-hybridized carbons (Fsp3) is 0.0526. The van der Waals surface area contributed by atoms with Crippen LogP contribution in [-0.4, -0.2) is 13.1 Å². The smallest absolute Gasteiger partial charge is 0.0312 e. The molecule has 0 aliphatic heterocycles. The van der Waals surface area contributed by atoms with Crippen molar-refractivity contribution in [1.82, 2.24) is 0 Å². The number of hydrogen-bond acceptors (Lipinski definition) is 3. The van der Waals surface area contributed by atoms with Gasteiger partial charge >= 0.3 is 56.0 Å². The zero-order chi connectivity index (χ0) is 22.0. The number of hydrogen-bond donors (Lipinski definition) is 0. The van der Waals surface area contributed by atoms with E-state index in [9.17, 15) is 30.0 Å². The Morgan fingerprint density at radius 2 is 1.13 bits per heavy atom. The van der Waals surface area contributed by atoms with Gasteiger partial charge in [-0.1, -0.05) is 30.3 Å². The molecule has 5 radical (unpaired) electrons. The zero-order valence-corrected chi connectivity index (χ0v) is 17.4. The van der Waals surface area contributed by atoms with Crippen LogP contribution >= 0.6 is 7.81 Å². The number of halogens is 6. The second-order valence-electron chi connectivity index (χ2n) is 5.32. The maximum absolute atomic E-state index is 11.5. The topological polar surface area (TPSA) is 35.5 Å². The number of methoxy groups -OCH3 is 1. The van der Waals surface area contributed by atoms with E-state index in [1.807, 2.05) is 68.5 Å². The monoisotopic (exact) mass is 494 g/mol. The van der Waals surface area contributed by atoms with E-state index in [2.05, 4.69) is 0 Å². The van der Waals surface area contributed by atoms with Crippen molar-refractivity contribution in [1.29, 1.82) is 0 Å². The van der Waals surface area contributed by atoms with Gasteiger partial charge in [-0.15, -0.1) is 0 Å². The fourth-order valence-corrected chi connectivity index (χ4v) is 1.77. The summed E-state index contributed by atoms with van der Waals surface area (Å²) >= 11 is 0. The Morgan fingerprint density at radius 3 is 1.57 bits per heavy atom. The van der Waals surface area contributed by atoms with E-state index in [4.69, 9.17) is 9.47 Å². The second kappa shape index (κ2) is 11.0. The van der Waals surface area contributed by atoms with Crippen molar-refractivity contribution in [2.24, 2.45) is 0 Å². The molecule has 0 bridgehead atoms. The molecule has 11 heteroatoms.